The van der Waals surface area contributed by atoms with Crippen LogP contribution in [0.1, 0.15) is 12.8 Å². The zero-order chi connectivity index (χ0) is 13.0. The molecule has 0 bridgehead atoms. The molecule has 5 heteroatoms. The van der Waals surface area contributed by atoms with Gasteiger partial charge in [0.25, 0.3) is 0 Å². The highest BCUT2D eigenvalue weighted by Crippen LogP contribution is 2.20. The lowest BCUT2D eigenvalue weighted by Gasteiger charge is -2.33. The van der Waals surface area contributed by atoms with Crippen molar-refractivity contribution < 1.29 is 0 Å². The Morgan fingerprint density at radius 1 is 1.44 bits per heavy atom. The molecule has 0 saturated carbocycles. The molecule has 0 aromatic carbocycles. The molecular weight excluding hydrogens is 226 g/mol. The van der Waals surface area contributed by atoms with E-state index in [0.717, 1.165) is 24.6 Å². The Morgan fingerprint density at radius 2 is 2.17 bits per heavy atom. The molecule has 0 spiro atoms. The fraction of sp³-hybridized carbons (Fsp3) is 0.462. The van der Waals surface area contributed by atoms with Gasteiger partial charge in [0.05, 0.1) is 17.7 Å². The van der Waals surface area contributed by atoms with Gasteiger partial charge in [0.1, 0.15) is 5.82 Å². The summed E-state index contributed by atoms with van der Waals surface area (Å²) >= 11 is 0. The standard InChI is InChI=1S/C13H21N5/c1-10(14)17-13-4-3-12(9-16-13)18-7-5-11(15-2)6-8-18/h3-4,9,11,15H,1,5-8,14H2,2H3,(H,16,17). The minimum Gasteiger partial charge on any atom is -0.386 e. The maximum Gasteiger partial charge on any atom is 0.131 e. The van der Waals surface area contributed by atoms with Crippen molar-refractivity contribution in [3.05, 3.63) is 30.7 Å². The summed E-state index contributed by atoms with van der Waals surface area (Å²) in [5.74, 6) is 1.14. The normalized spacial score (nSPS) is 16.6. The van der Waals surface area contributed by atoms with E-state index >= 15 is 0 Å². The number of piperidine rings is 1. The Hall–Kier alpha value is -1.75. The summed E-state index contributed by atoms with van der Waals surface area (Å²) in [6.45, 7) is 5.74. The first-order chi connectivity index (χ1) is 8.69. The maximum absolute atomic E-state index is 5.47. The summed E-state index contributed by atoms with van der Waals surface area (Å²) in [4.78, 5) is 6.69. The van der Waals surface area contributed by atoms with Crippen molar-refractivity contribution in [1.82, 2.24) is 10.3 Å². The molecule has 18 heavy (non-hydrogen) atoms. The van der Waals surface area contributed by atoms with Gasteiger partial charge < -0.3 is 21.3 Å². The van der Waals surface area contributed by atoms with Crippen molar-refractivity contribution in [2.24, 2.45) is 5.73 Å². The first-order valence-corrected chi connectivity index (χ1v) is 6.28. The fourth-order valence-corrected chi connectivity index (χ4v) is 2.24. The second-order valence-electron chi connectivity index (χ2n) is 4.60. The van der Waals surface area contributed by atoms with Crippen LogP contribution >= 0.6 is 0 Å². The molecule has 0 atom stereocenters. The summed E-state index contributed by atoms with van der Waals surface area (Å²) in [7, 11) is 2.03. The predicted octanol–water partition coefficient (Wildman–Crippen LogP) is 1.11. The average molecular weight is 247 g/mol. The molecule has 1 saturated heterocycles. The number of hydrogen-bond donors (Lipinski definition) is 3. The molecule has 4 N–H and O–H groups in total. The van der Waals surface area contributed by atoms with Gasteiger partial charge in [0.2, 0.25) is 0 Å². The van der Waals surface area contributed by atoms with Gasteiger partial charge in [0, 0.05) is 19.1 Å². The van der Waals surface area contributed by atoms with E-state index in [-0.39, 0.29) is 0 Å². The minimum absolute atomic E-state index is 0.407. The van der Waals surface area contributed by atoms with Gasteiger partial charge in [-0.3, -0.25) is 0 Å². The molecule has 0 unspecified atom stereocenters. The molecule has 0 amide bonds. The minimum atomic E-state index is 0.407. The molecule has 2 heterocycles. The smallest absolute Gasteiger partial charge is 0.131 e. The van der Waals surface area contributed by atoms with Crippen molar-refractivity contribution in [2.75, 3.05) is 30.4 Å². The summed E-state index contributed by atoms with van der Waals surface area (Å²) < 4.78 is 0. The lowest BCUT2D eigenvalue weighted by molar-refractivity contribution is 0.442. The van der Waals surface area contributed by atoms with Crippen LogP contribution in [-0.2, 0) is 0 Å². The summed E-state index contributed by atoms with van der Waals surface area (Å²) in [6.07, 6.45) is 4.23. The van der Waals surface area contributed by atoms with Gasteiger partial charge >= 0.3 is 0 Å². The molecule has 0 radical (unpaired) electrons. The van der Waals surface area contributed by atoms with Crippen molar-refractivity contribution in [1.29, 1.82) is 0 Å². The number of hydrogen-bond acceptors (Lipinski definition) is 5. The quantitative estimate of drug-likeness (QED) is 0.744. The van der Waals surface area contributed by atoms with E-state index in [0.29, 0.717) is 11.9 Å². The number of anilines is 2. The molecule has 1 aromatic rings. The summed E-state index contributed by atoms with van der Waals surface area (Å²) in [6, 6.07) is 4.64. The van der Waals surface area contributed by atoms with Crippen LogP contribution in [0.5, 0.6) is 0 Å². The van der Waals surface area contributed by atoms with Gasteiger partial charge in [-0.05, 0) is 32.0 Å². The molecule has 1 aliphatic heterocycles. The second-order valence-corrected chi connectivity index (χ2v) is 4.60. The first kappa shape index (κ1) is 12.7. The second kappa shape index (κ2) is 5.73. The Balaban J connectivity index is 1.95. The van der Waals surface area contributed by atoms with E-state index in [1.54, 1.807) is 0 Å². The van der Waals surface area contributed by atoms with Crippen LogP contribution in [0, 0.1) is 0 Å². The highest BCUT2D eigenvalue weighted by molar-refractivity contribution is 5.51. The number of aromatic nitrogens is 1. The fourth-order valence-electron chi connectivity index (χ4n) is 2.24. The van der Waals surface area contributed by atoms with E-state index < -0.39 is 0 Å². The van der Waals surface area contributed by atoms with Crippen LogP contribution in [0.25, 0.3) is 0 Å². The lowest BCUT2D eigenvalue weighted by atomic mass is 10.1. The van der Waals surface area contributed by atoms with E-state index in [4.69, 9.17) is 5.73 Å². The van der Waals surface area contributed by atoms with Crippen LogP contribution in [0.4, 0.5) is 11.5 Å². The number of nitrogens with two attached hydrogens (primary N) is 1. The maximum atomic E-state index is 5.47. The van der Waals surface area contributed by atoms with Gasteiger partial charge in [0.15, 0.2) is 0 Å². The van der Waals surface area contributed by atoms with Crippen LogP contribution in [0.3, 0.4) is 0 Å². The summed E-state index contributed by atoms with van der Waals surface area (Å²) in [5.41, 5.74) is 6.64. The predicted molar refractivity (Wildman–Crippen MR) is 75.5 cm³/mol. The highest BCUT2D eigenvalue weighted by atomic mass is 15.2. The molecular formula is C13H21N5. The van der Waals surface area contributed by atoms with Crippen molar-refractivity contribution >= 4 is 11.5 Å². The molecule has 5 nitrogen and oxygen atoms in total. The van der Waals surface area contributed by atoms with E-state index in [2.05, 4.69) is 33.2 Å². The third-order valence-corrected chi connectivity index (χ3v) is 3.30. The van der Waals surface area contributed by atoms with Gasteiger partial charge in [-0.2, -0.15) is 0 Å². The van der Waals surface area contributed by atoms with Crippen LogP contribution in [-0.4, -0.2) is 31.2 Å². The van der Waals surface area contributed by atoms with E-state index in [1.807, 2.05) is 19.3 Å². The third kappa shape index (κ3) is 3.13. The van der Waals surface area contributed by atoms with Crippen molar-refractivity contribution in [2.45, 2.75) is 18.9 Å². The zero-order valence-electron chi connectivity index (χ0n) is 10.8. The molecule has 2 rings (SSSR count). The molecule has 0 aliphatic carbocycles. The first-order valence-electron chi connectivity index (χ1n) is 6.28. The van der Waals surface area contributed by atoms with E-state index in [1.165, 1.54) is 12.8 Å². The number of nitrogens with one attached hydrogen (secondary N) is 2. The molecule has 1 aromatic heterocycles. The van der Waals surface area contributed by atoms with E-state index in [9.17, 15) is 0 Å². The average Bonchev–Trinajstić information content (AvgIpc) is 2.39. The van der Waals surface area contributed by atoms with Gasteiger partial charge in [-0.25, -0.2) is 4.98 Å². The topological polar surface area (TPSA) is 66.2 Å². The Labute approximate surface area is 108 Å². The Morgan fingerprint density at radius 3 is 2.67 bits per heavy atom. The summed E-state index contributed by atoms with van der Waals surface area (Å²) in [5, 5.41) is 6.23. The number of rotatable bonds is 4. The Kier molecular flexibility index (Phi) is 4.04. The SMILES string of the molecule is C=C(N)Nc1ccc(N2CCC(NC)CC2)cn1. The van der Waals surface area contributed by atoms with Crippen LogP contribution in [0.2, 0.25) is 0 Å². The monoisotopic (exact) mass is 247 g/mol. The lowest BCUT2D eigenvalue weighted by Crippen LogP contribution is -2.41. The molecule has 1 aliphatic rings. The molecule has 1 fully saturated rings. The highest BCUT2D eigenvalue weighted by Gasteiger charge is 2.17. The zero-order valence-corrected chi connectivity index (χ0v) is 10.8. The Bertz CT molecular complexity index is 392. The van der Waals surface area contributed by atoms with Crippen LogP contribution < -0.4 is 21.3 Å². The van der Waals surface area contributed by atoms with Gasteiger partial charge in [-0.15, -0.1) is 0 Å². The molecule has 98 valence electrons. The number of pyridine rings is 1. The van der Waals surface area contributed by atoms with Crippen molar-refractivity contribution in [3.63, 3.8) is 0 Å². The van der Waals surface area contributed by atoms with Crippen molar-refractivity contribution in [3.8, 4) is 0 Å². The largest absolute Gasteiger partial charge is 0.386 e. The van der Waals surface area contributed by atoms with Gasteiger partial charge in [-0.1, -0.05) is 6.58 Å². The van der Waals surface area contributed by atoms with Crippen LogP contribution in [0.15, 0.2) is 30.7 Å². The number of nitrogens with zero attached hydrogens (tertiary/aromatic N) is 2. The third-order valence-electron chi connectivity index (χ3n) is 3.30.